The number of hydrogen-bond acceptors (Lipinski definition) is 7. The number of nitrogens with zero attached hydrogens (tertiary/aromatic N) is 1. The molecular weight excluding hydrogens is 795 g/mol. The molecule has 324 valence electrons. The summed E-state index contributed by atoms with van der Waals surface area (Å²) >= 11 is 0. The summed E-state index contributed by atoms with van der Waals surface area (Å²) in [4.78, 5) is 57.6. The van der Waals surface area contributed by atoms with Crippen molar-refractivity contribution in [2.75, 3.05) is 6.54 Å². The highest BCUT2D eigenvalue weighted by Crippen LogP contribution is 2.39. The maximum absolute atomic E-state index is 14.9. The summed E-state index contributed by atoms with van der Waals surface area (Å²) in [6.45, 7) is 10.5. The van der Waals surface area contributed by atoms with Crippen LogP contribution in [0.25, 0.3) is 0 Å². The second-order valence-corrected chi connectivity index (χ2v) is 21.6. The first-order valence-corrected chi connectivity index (χ1v) is 23.4. The number of imide groups is 1. The molecule has 1 fully saturated rings. The Morgan fingerprint density at radius 1 is 0.710 bits per heavy atom. The summed E-state index contributed by atoms with van der Waals surface area (Å²) in [6.07, 6.45) is -0.765. The Labute approximate surface area is 367 Å². The van der Waals surface area contributed by atoms with Gasteiger partial charge in [0.05, 0.1) is 18.1 Å². The Morgan fingerprint density at radius 3 is 1.66 bits per heavy atom. The van der Waals surface area contributed by atoms with Crippen LogP contribution in [0.15, 0.2) is 152 Å². The van der Waals surface area contributed by atoms with E-state index in [1.807, 2.05) is 141 Å². The molecule has 1 unspecified atom stereocenters. The van der Waals surface area contributed by atoms with E-state index in [1.165, 1.54) is 0 Å². The lowest BCUT2D eigenvalue weighted by Gasteiger charge is -2.47. The molecule has 0 aromatic heterocycles. The van der Waals surface area contributed by atoms with Crippen molar-refractivity contribution < 1.29 is 33.1 Å². The fourth-order valence-electron chi connectivity index (χ4n) is 8.29. The number of amides is 4. The predicted molar refractivity (Wildman–Crippen MR) is 244 cm³/mol. The predicted octanol–water partition coefficient (Wildman–Crippen LogP) is 8.19. The standard InChI is InChI=1S/C51H59N3O7Si/c1-37(2)31-45(48(56)59-35-39-23-13-7-14-24-39)54-47(55)41(34-52-49(54)57)33-46(61-62(51(3,4)5,42-27-17-9-18-28-42)43-29-19-10-20-30-43)44(32-38-21-11-6-12-22-38)53-50(58)60-36-40-25-15-8-16-26-40/h6-30,37,41,44-46H,31-36H2,1-5H3,(H,52,57)(H,53,58)/t41-,44-,45-,46?/m0/s1. The fraction of sp³-hybridized carbons (Fsp3) is 0.333. The van der Waals surface area contributed by atoms with Crippen molar-refractivity contribution in [3.05, 3.63) is 168 Å². The molecule has 0 saturated carbocycles. The van der Waals surface area contributed by atoms with E-state index in [4.69, 9.17) is 13.9 Å². The van der Waals surface area contributed by atoms with Crippen LogP contribution in [0.5, 0.6) is 0 Å². The van der Waals surface area contributed by atoms with Crippen LogP contribution in [0, 0.1) is 11.8 Å². The van der Waals surface area contributed by atoms with Crippen molar-refractivity contribution in [3.63, 3.8) is 0 Å². The van der Waals surface area contributed by atoms with E-state index in [-0.39, 0.29) is 38.5 Å². The van der Waals surface area contributed by atoms with Crippen molar-refractivity contribution in [2.45, 2.75) is 90.3 Å². The summed E-state index contributed by atoms with van der Waals surface area (Å²) in [5.41, 5.74) is 2.57. The van der Waals surface area contributed by atoms with Crippen molar-refractivity contribution in [1.82, 2.24) is 15.5 Å². The van der Waals surface area contributed by atoms with Gasteiger partial charge >= 0.3 is 18.1 Å². The fourth-order valence-corrected chi connectivity index (χ4v) is 13.0. The van der Waals surface area contributed by atoms with E-state index in [0.717, 1.165) is 32.0 Å². The number of nitrogens with one attached hydrogen (secondary N) is 2. The zero-order valence-electron chi connectivity index (χ0n) is 36.4. The number of ether oxygens (including phenoxy) is 2. The molecule has 0 aliphatic carbocycles. The number of alkyl carbamates (subject to hydrolysis) is 1. The lowest BCUT2D eigenvalue weighted by molar-refractivity contribution is -0.156. The van der Waals surface area contributed by atoms with Crippen LogP contribution in [0.4, 0.5) is 9.59 Å². The smallest absolute Gasteiger partial charge is 0.407 e. The highest BCUT2D eigenvalue weighted by Gasteiger charge is 2.53. The Balaban J connectivity index is 1.42. The zero-order valence-corrected chi connectivity index (χ0v) is 37.4. The second-order valence-electron chi connectivity index (χ2n) is 17.4. The quantitative estimate of drug-likeness (QED) is 0.0674. The van der Waals surface area contributed by atoms with Crippen LogP contribution in [-0.2, 0) is 43.1 Å². The van der Waals surface area contributed by atoms with Crippen LogP contribution in [0.1, 0.15) is 64.2 Å². The molecule has 10 nitrogen and oxygen atoms in total. The topological polar surface area (TPSA) is 123 Å². The number of benzene rings is 5. The van der Waals surface area contributed by atoms with Gasteiger partial charge in [-0.15, -0.1) is 0 Å². The van der Waals surface area contributed by atoms with Crippen molar-refractivity contribution in [1.29, 1.82) is 0 Å². The normalized spacial score (nSPS) is 15.9. The maximum atomic E-state index is 14.9. The molecule has 11 heteroatoms. The number of carbonyl (C=O) groups is 4. The summed E-state index contributed by atoms with van der Waals surface area (Å²) in [5.74, 6) is -2.03. The van der Waals surface area contributed by atoms with E-state index in [2.05, 4.69) is 55.7 Å². The van der Waals surface area contributed by atoms with E-state index >= 15 is 0 Å². The number of carbonyl (C=O) groups excluding carboxylic acids is 4. The molecule has 2 N–H and O–H groups in total. The van der Waals surface area contributed by atoms with Gasteiger partial charge in [-0.25, -0.2) is 19.3 Å². The van der Waals surface area contributed by atoms with E-state index in [1.54, 1.807) is 0 Å². The molecule has 62 heavy (non-hydrogen) atoms. The first-order valence-electron chi connectivity index (χ1n) is 21.5. The Hall–Kier alpha value is -6.04. The van der Waals surface area contributed by atoms with Crippen LogP contribution >= 0.6 is 0 Å². The number of rotatable bonds is 18. The average Bonchev–Trinajstić information content (AvgIpc) is 3.27. The lowest BCUT2D eigenvalue weighted by Crippen LogP contribution is -2.69. The van der Waals surface area contributed by atoms with Gasteiger partial charge in [-0.1, -0.05) is 186 Å². The molecule has 4 atom stereocenters. The summed E-state index contributed by atoms with van der Waals surface area (Å²) in [6, 6.07) is 46.4. The van der Waals surface area contributed by atoms with Gasteiger partial charge in [-0.05, 0) is 57.3 Å². The van der Waals surface area contributed by atoms with Gasteiger partial charge in [0, 0.05) is 6.54 Å². The van der Waals surface area contributed by atoms with Crippen LogP contribution < -0.4 is 21.0 Å². The van der Waals surface area contributed by atoms with Gasteiger partial charge in [0.25, 0.3) is 8.32 Å². The third-order valence-electron chi connectivity index (χ3n) is 11.3. The van der Waals surface area contributed by atoms with E-state index in [9.17, 15) is 19.2 Å². The van der Waals surface area contributed by atoms with Gasteiger partial charge in [-0.3, -0.25) is 4.79 Å². The molecule has 6 rings (SSSR count). The summed E-state index contributed by atoms with van der Waals surface area (Å²) in [7, 11) is -3.33. The molecule has 0 spiro atoms. The zero-order chi connectivity index (χ0) is 44.1. The molecule has 0 bridgehead atoms. The minimum absolute atomic E-state index is 0.00293. The third-order valence-corrected chi connectivity index (χ3v) is 16.4. The van der Waals surface area contributed by atoms with Crippen LogP contribution in [0.2, 0.25) is 5.04 Å². The first-order chi connectivity index (χ1) is 29.9. The number of hydrogen-bond donors (Lipinski definition) is 2. The van der Waals surface area contributed by atoms with Gasteiger partial charge in [0.2, 0.25) is 5.91 Å². The van der Waals surface area contributed by atoms with Gasteiger partial charge in [0.1, 0.15) is 19.3 Å². The Bertz CT molecular complexity index is 2160. The molecule has 4 amide bonds. The molecule has 1 aliphatic heterocycles. The summed E-state index contributed by atoms with van der Waals surface area (Å²) in [5, 5.41) is 7.71. The van der Waals surface area contributed by atoms with Gasteiger partial charge < -0.3 is 24.5 Å². The molecule has 5 aromatic rings. The van der Waals surface area contributed by atoms with Crippen LogP contribution in [-0.4, -0.2) is 62.0 Å². The minimum atomic E-state index is -3.33. The third kappa shape index (κ3) is 11.5. The van der Waals surface area contributed by atoms with Gasteiger partial charge in [0.15, 0.2) is 0 Å². The molecule has 1 saturated heterocycles. The van der Waals surface area contributed by atoms with Crippen molar-refractivity contribution in [2.24, 2.45) is 11.8 Å². The molecular formula is C51H59N3O7Si. The first kappa shape index (κ1) is 45.5. The van der Waals surface area contributed by atoms with Crippen molar-refractivity contribution in [3.8, 4) is 0 Å². The Kier molecular flexibility index (Phi) is 15.5. The van der Waals surface area contributed by atoms with Gasteiger partial charge in [-0.2, -0.15) is 0 Å². The highest BCUT2D eigenvalue weighted by molar-refractivity contribution is 6.99. The molecule has 0 radical (unpaired) electrons. The summed E-state index contributed by atoms with van der Waals surface area (Å²) < 4.78 is 19.4. The van der Waals surface area contributed by atoms with E-state index in [0.29, 0.717) is 6.42 Å². The number of urea groups is 1. The maximum Gasteiger partial charge on any atom is 0.407 e. The Morgan fingerprint density at radius 2 is 1.18 bits per heavy atom. The average molecular weight is 854 g/mol. The molecule has 1 aliphatic rings. The minimum Gasteiger partial charge on any atom is -0.459 e. The van der Waals surface area contributed by atoms with Crippen molar-refractivity contribution >= 4 is 42.7 Å². The SMILES string of the molecule is CC(C)C[C@@H](C(=O)OCc1ccccc1)N1C(=O)NC[C@H](CC(O[Si](c2ccccc2)(c2ccccc2)C(C)(C)C)[C@H](Cc2ccccc2)NC(=O)OCc2ccccc2)C1=O. The second kappa shape index (κ2) is 21.2. The highest BCUT2D eigenvalue weighted by atomic mass is 28.4. The largest absolute Gasteiger partial charge is 0.459 e. The molecule has 5 aromatic carbocycles. The lowest BCUT2D eigenvalue weighted by atomic mass is 9.90. The number of esters is 1. The monoisotopic (exact) mass is 853 g/mol. The molecule has 1 heterocycles. The van der Waals surface area contributed by atoms with Crippen LogP contribution in [0.3, 0.4) is 0 Å². The van der Waals surface area contributed by atoms with E-state index < -0.39 is 61.5 Å².